The lowest BCUT2D eigenvalue weighted by Gasteiger charge is -2.07. The molecule has 1 N–H and O–H groups in total. The number of pyridine rings is 1. The number of nitrogens with one attached hydrogen (secondary N) is 1. The van der Waals surface area contributed by atoms with Gasteiger partial charge in [0.25, 0.3) is 0 Å². The summed E-state index contributed by atoms with van der Waals surface area (Å²) in [5.74, 6) is 0.678. The van der Waals surface area contributed by atoms with Crippen LogP contribution < -0.4 is 5.32 Å². The average Bonchev–Trinajstić information content (AvgIpc) is 2.84. The molecule has 0 aliphatic heterocycles. The Balaban J connectivity index is 1.85. The standard InChI is InChI=1S/C13H17N3S2/c1-10(2)7-14-8-11-3-4-12(16-9-11)18-13-15-5-6-17-13/h3-6,9-10,14H,7-8H2,1-2H3. The van der Waals surface area contributed by atoms with Gasteiger partial charge in [-0.1, -0.05) is 19.9 Å². The highest BCUT2D eigenvalue weighted by Crippen LogP contribution is 2.27. The summed E-state index contributed by atoms with van der Waals surface area (Å²) in [6.45, 7) is 6.33. The van der Waals surface area contributed by atoms with Crippen molar-refractivity contribution in [3.8, 4) is 0 Å². The van der Waals surface area contributed by atoms with Gasteiger partial charge in [-0.15, -0.1) is 11.3 Å². The van der Waals surface area contributed by atoms with Crippen LogP contribution in [0.3, 0.4) is 0 Å². The minimum atomic E-state index is 0.678. The monoisotopic (exact) mass is 279 g/mol. The van der Waals surface area contributed by atoms with Crippen molar-refractivity contribution >= 4 is 23.1 Å². The Labute approximate surface area is 116 Å². The summed E-state index contributed by atoms with van der Waals surface area (Å²) in [5, 5.41) is 6.39. The van der Waals surface area contributed by atoms with Crippen molar-refractivity contribution in [1.29, 1.82) is 0 Å². The predicted octanol–water partition coefficient (Wildman–Crippen LogP) is 3.43. The van der Waals surface area contributed by atoms with E-state index in [0.717, 1.165) is 22.5 Å². The van der Waals surface area contributed by atoms with E-state index in [2.05, 4.69) is 41.3 Å². The highest BCUT2D eigenvalue weighted by Gasteiger charge is 2.01. The zero-order chi connectivity index (χ0) is 12.8. The first-order chi connectivity index (χ1) is 8.74. The molecule has 0 spiro atoms. The molecule has 0 radical (unpaired) electrons. The van der Waals surface area contributed by atoms with Crippen LogP contribution in [0.15, 0.2) is 39.3 Å². The average molecular weight is 279 g/mol. The van der Waals surface area contributed by atoms with E-state index in [0.29, 0.717) is 5.92 Å². The Morgan fingerprint density at radius 1 is 1.33 bits per heavy atom. The van der Waals surface area contributed by atoms with Gasteiger partial charge in [-0.3, -0.25) is 0 Å². The molecule has 0 saturated heterocycles. The fourth-order valence-electron chi connectivity index (χ4n) is 1.43. The van der Waals surface area contributed by atoms with E-state index in [-0.39, 0.29) is 0 Å². The third kappa shape index (κ3) is 4.40. The molecule has 3 nitrogen and oxygen atoms in total. The van der Waals surface area contributed by atoms with Crippen LogP contribution in [0.25, 0.3) is 0 Å². The number of hydrogen-bond acceptors (Lipinski definition) is 5. The Kier molecular flexibility index (Phi) is 5.16. The van der Waals surface area contributed by atoms with Gasteiger partial charge >= 0.3 is 0 Å². The van der Waals surface area contributed by atoms with E-state index in [1.165, 1.54) is 5.56 Å². The van der Waals surface area contributed by atoms with Gasteiger partial charge in [0.05, 0.1) is 0 Å². The van der Waals surface area contributed by atoms with Crippen molar-refractivity contribution in [3.05, 3.63) is 35.5 Å². The van der Waals surface area contributed by atoms with Crippen LogP contribution in [0.5, 0.6) is 0 Å². The zero-order valence-corrected chi connectivity index (χ0v) is 12.2. The molecular formula is C13H17N3S2. The molecule has 0 atom stereocenters. The molecule has 0 amide bonds. The molecule has 0 saturated carbocycles. The fourth-order valence-corrected chi connectivity index (χ4v) is 2.94. The molecule has 0 aliphatic rings. The lowest BCUT2D eigenvalue weighted by Crippen LogP contribution is -2.18. The molecule has 5 heteroatoms. The summed E-state index contributed by atoms with van der Waals surface area (Å²) in [6.07, 6.45) is 3.75. The van der Waals surface area contributed by atoms with Crippen molar-refractivity contribution in [3.63, 3.8) is 0 Å². The summed E-state index contributed by atoms with van der Waals surface area (Å²) >= 11 is 3.25. The summed E-state index contributed by atoms with van der Waals surface area (Å²) < 4.78 is 1.04. The van der Waals surface area contributed by atoms with Gasteiger partial charge in [0, 0.05) is 24.3 Å². The van der Waals surface area contributed by atoms with Crippen LogP contribution in [0, 0.1) is 5.92 Å². The first-order valence-corrected chi connectivity index (χ1v) is 7.66. The van der Waals surface area contributed by atoms with Crippen LogP contribution in [0.4, 0.5) is 0 Å². The van der Waals surface area contributed by atoms with Crippen LogP contribution in [0.2, 0.25) is 0 Å². The van der Waals surface area contributed by atoms with E-state index in [9.17, 15) is 0 Å². The van der Waals surface area contributed by atoms with Gasteiger partial charge in [0.2, 0.25) is 0 Å². The maximum Gasteiger partial charge on any atom is 0.156 e. The second-order valence-electron chi connectivity index (χ2n) is 4.43. The Bertz CT molecular complexity index is 452. The molecule has 2 aromatic rings. The lowest BCUT2D eigenvalue weighted by molar-refractivity contribution is 0.551. The Morgan fingerprint density at radius 3 is 2.83 bits per heavy atom. The minimum absolute atomic E-state index is 0.678. The van der Waals surface area contributed by atoms with Gasteiger partial charge in [-0.05, 0) is 35.9 Å². The smallest absolute Gasteiger partial charge is 0.156 e. The second-order valence-corrected chi connectivity index (χ2v) is 6.59. The molecule has 0 unspecified atom stereocenters. The third-order valence-electron chi connectivity index (χ3n) is 2.28. The largest absolute Gasteiger partial charge is 0.312 e. The van der Waals surface area contributed by atoms with E-state index >= 15 is 0 Å². The van der Waals surface area contributed by atoms with Crippen molar-refractivity contribution < 1.29 is 0 Å². The van der Waals surface area contributed by atoms with Crippen LogP contribution in [-0.2, 0) is 6.54 Å². The Morgan fingerprint density at radius 2 is 2.22 bits per heavy atom. The number of hydrogen-bond donors (Lipinski definition) is 1. The highest BCUT2D eigenvalue weighted by atomic mass is 32.2. The zero-order valence-electron chi connectivity index (χ0n) is 10.6. The topological polar surface area (TPSA) is 37.8 Å². The Hall–Kier alpha value is -0.910. The molecule has 0 aromatic carbocycles. The maximum absolute atomic E-state index is 4.44. The van der Waals surface area contributed by atoms with Crippen molar-refractivity contribution in [2.75, 3.05) is 6.54 Å². The minimum Gasteiger partial charge on any atom is -0.312 e. The summed E-state index contributed by atoms with van der Waals surface area (Å²) in [6, 6.07) is 4.18. The molecule has 96 valence electrons. The van der Waals surface area contributed by atoms with Gasteiger partial charge in [0.15, 0.2) is 4.34 Å². The number of nitrogens with zero attached hydrogens (tertiary/aromatic N) is 2. The highest BCUT2D eigenvalue weighted by molar-refractivity contribution is 8.00. The summed E-state index contributed by atoms with van der Waals surface area (Å²) in [7, 11) is 0. The fraction of sp³-hybridized carbons (Fsp3) is 0.385. The van der Waals surface area contributed by atoms with E-state index in [1.54, 1.807) is 23.1 Å². The van der Waals surface area contributed by atoms with Crippen LogP contribution in [-0.4, -0.2) is 16.5 Å². The SMILES string of the molecule is CC(C)CNCc1ccc(Sc2nccs2)nc1. The number of aromatic nitrogens is 2. The molecule has 2 rings (SSSR count). The van der Waals surface area contributed by atoms with Crippen molar-refractivity contribution in [2.24, 2.45) is 5.92 Å². The summed E-state index contributed by atoms with van der Waals surface area (Å²) in [4.78, 5) is 8.67. The number of thiazole rings is 1. The molecule has 2 aromatic heterocycles. The molecule has 0 bridgehead atoms. The first kappa shape index (κ1) is 13.5. The first-order valence-electron chi connectivity index (χ1n) is 5.97. The summed E-state index contributed by atoms with van der Waals surface area (Å²) in [5.41, 5.74) is 1.22. The quantitative estimate of drug-likeness (QED) is 0.879. The van der Waals surface area contributed by atoms with E-state index in [1.807, 2.05) is 17.8 Å². The van der Waals surface area contributed by atoms with Crippen molar-refractivity contribution in [1.82, 2.24) is 15.3 Å². The van der Waals surface area contributed by atoms with Gasteiger partial charge < -0.3 is 5.32 Å². The van der Waals surface area contributed by atoms with Crippen molar-refractivity contribution in [2.45, 2.75) is 29.8 Å². The van der Waals surface area contributed by atoms with Crippen LogP contribution >= 0.6 is 23.1 Å². The van der Waals surface area contributed by atoms with Crippen LogP contribution in [0.1, 0.15) is 19.4 Å². The maximum atomic E-state index is 4.44. The van der Waals surface area contributed by atoms with E-state index < -0.39 is 0 Å². The van der Waals surface area contributed by atoms with Gasteiger partial charge in [-0.25, -0.2) is 9.97 Å². The van der Waals surface area contributed by atoms with Gasteiger partial charge in [-0.2, -0.15) is 0 Å². The normalized spacial score (nSPS) is 11.1. The second kappa shape index (κ2) is 6.87. The molecule has 0 fully saturated rings. The molecular weight excluding hydrogens is 262 g/mol. The van der Waals surface area contributed by atoms with Gasteiger partial charge in [0.1, 0.15) is 5.03 Å². The molecule has 2 heterocycles. The third-order valence-corrected chi connectivity index (χ3v) is 4.12. The van der Waals surface area contributed by atoms with E-state index in [4.69, 9.17) is 0 Å². The molecule has 18 heavy (non-hydrogen) atoms. The predicted molar refractivity (Wildman–Crippen MR) is 77.0 cm³/mol. The molecule has 0 aliphatic carbocycles. The lowest BCUT2D eigenvalue weighted by atomic mass is 10.2. The number of rotatable bonds is 6.